The lowest BCUT2D eigenvalue weighted by atomic mass is 10.3. The van der Waals surface area contributed by atoms with Gasteiger partial charge in [-0.1, -0.05) is 6.92 Å². The minimum atomic E-state index is 0.257. The summed E-state index contributed by atoms with van der Waals surface area (Å²) in [5.41, 5.74) is 5.33. The third-order valence-electron chi connectivity index (χ3n) is 2.35. The molecule has 0 saturated heterocycles. The Labute approximate surface area is 90.4 Å². The van der Waals surface area contributed by atoms with Gasteiger partial charge in [0.15, 0.2) is 0 Å². The van der Waals surface area contributed by atoms with E-state index in [2.05, 4.69) is 16.9 Å². The van der Waals surface area contributed by atoms with Gasteiger partial charge in [0.25, 0.3) is 0 Å². The van der Waals surface area contributed by atoms with Crippen LogP contribution in [0.3, 0.4) is 0 Å². The van der Waals surface area contributed by atoms with Crippen LogP contribution in [0.15, 0.2) is 18.5 Å². The molecule has 0 bridgehead atoms. The van der Waals surface area contributed by atoms with Gasteiger partial charge in [0.05, 0.1) is 12.4 Å². The largest absolute Gasteiger partial charge is 0.388 e. The summed E-state index contributed by atoms with van der Waals surface area (Å²) in [6.07, 6.45) is 4.39. The zero-order chi connectivity index (χ0) is 11.1. The molecule has 0 radical (unpaired) electrons. The summed E-state index contributed by atoms with van der Waals surface area (Å²) in [5.74, 6) is 0.257. The highest BCUT2D eigenvalue weighted by atomic mass is 15.3. The van der Waals surface area contributed by atoms with E-state index in [4.69, 9.17) is 11.1 Å². The van der Waals surface area contributed by atoms with Gasteiger partial charge in [-0.15, -0.1) is 0 Å². The number of rotatable bonds is 7. The molecule has 1 aromatic heterocycles. The molecule has 84 valence electrons. The van der Waals surface area contributed by atoms with E-state index in [1.807, 2.05) is 16.9 Å². The lowest BCUT2D eigenvalue weighted by Crippen LogP contribution is -2.30. The average molecular weight is 209 g/mol. The summed E-state index contributed by atoms with van der Waals surface area (Å²) in [6.45, 7) is 5.79. The maximum absolute atomic E-state index is 7.17. The van der Waals surface area contributed by atoms with E-state index in [9.17, 15) is 0 Å². The topological polar surface area (TPSA) is 70.9 Å². The SMILES string of the molecule is CCN(CCC(=N)N)CCn1cccn1. The molecule has 1 aromatic rings. The fourth-order valence-electron chi connectivity index (χ4n) is 1.38. The molecule has 1 heterocycles. The van der Waals surface area contributed by atoms with Crippen LogP contribution in [0.1, 0.15) is 13.3 Å². The van der Waals surface area contributed by atoms with Gasteiger partial charge < -0.3 is 10.6 Å². The van der Waals surface area contributed by atoms with Crippen LogP contribution < -0.4 is 5.73 Å². The van der Waals surface area contributed by atoms with E-state index >= 15 is 0 Å². The van der Waals surface area contributed by atoms with E-state index in [1.54, 1.807) is 6.20 Å². The molecule has 0 aliphatic carbocycles. The Morgan fingerprint density at radius 3 is 2.87 bits per heavy atom. The van der Waals surface area contributed by atoms with E-state index in [1.165, 1.54) is 0 Å². The third-order valence-corrected chi connectivity index (χ3v) is 2.35. The molecule has 5 heteroatoms. The first-order valence-corrected chi connectivity index (χ1v) is 5.25. The number of nitrogens with one attached hydrogen (secondary N) is 1. The van der Waals surface area contributed by atoms with Crippen LogP contribution in [-0.2, 0) is 6.54 Å². The Morgan fingerprint density at radius 2 is 2.33 bits per heavy atom. The summed E-state index contributed by atoms with van der Waals surface area (Å²) < 4.78 is 1.91. The van der Waals surface area contributed by atoms with Crippen molar-refractivity contribution in [3.8, 4) is 0 Å². The van der Waals surface area contributed by atoms with Crippen molar-refractivity contribution in [2.45, 2.75) is 19.9 Å². The molecule has 1 rings (SSSR count). The Bertz CT molecular complexity index is 280. The Balaban J connectivity index is 2.24. The van der Waals surface area contributed by atoms with Crippen molar-refractivity contribution in [1.82, 2.24) is 14.7 Å². The summed E-state index contributed by atoms with van der Waals surface area (Å²) in [7, 11) is 0. The lowest BCUT2D eigenvalue weighted by molar-refractivity contribution is 0.278. The Hall–Kier alpha value is -1.36. The molecule has 0 aliphatic rings. The zero-order valence-electron chi connectivity index (χ0n) is 9.19. The van der Waals surface area contributed by atoms with Crippen molar-refractivity contribution in [1.29, 1.82) is 5.41 Å². The van der Waals surface area contributed by atoms with Crippen LogP contribution in [0.25, 0.3) is 0 Å². The van der Waals surface area contributed by atoms with E-state index in [0.29, 0.717) is 6.42 Å². The van der Waals surface area contributed by atoms with Crippen molar-refractivity contribution in [3.05, 3.63) is 18.5 Å². The first-order chi connectivity index (χ1) is 7.22. The number of hydrogen-bond donors (Lipinski definition) is 2. The van der Waals surface area contributed by atoms with Crippen LogP contribution in [0.2, 0.25) is 0 Å². The molecule has 0 aliphatic heterocycles. The van der Waals surface area contributed by atoms with Gasteiger partial charge in [0.2, 0.25) is 0 Å². The number of nitrogens with two attached hydrogens (primary N) is 1. The first kappa shape index (κ1) is 11.7. The number of likely N-dealkylation sites (N-methyl/N-ethyl adjacent to an activating group) is 1. The maximum atomic E-state index is 7.17. The molecule has 0 fully saturated rings. The van der Waals surface area contributed by atoms with Gasteiger partial charge in [-0.2, -0.15) is 5.10 Å². The molecule has 0 aromatic carbocycles. The maximum Gasteiger partial charge on any atom is 0.0918 e. The normalized spacial score (nSPS) is 10.8. The van der Waals surface area contributed by atoms with E-state index in [0.717, 1.165) is 26.2 Å². The number of aromatic nitrogens is 2. The highest BCUT2D eigenvalue weighted by Gasteiger charge is 2.02. The summed E-state index contributed by atoms with van der Waals surface area (Å²) in [4.78, 5) is 2.27. The molecule has 15 heavy (non-hydrogen) atoms. The second-order valence-electron chi connectivity index (χ2n) is 3.48. The van der Waals surface area contributed by atoms with Crippen LogP contribution in [0.4, 0.5) is 0 Å². The molecule has 0 unspecified atom stereocenters. The minimum absolute atomic E-state index is 0.257. The van der Waals surface area contributed by atoms with Gasteiger partial charge in [0.1, 0.15) is 0 Å². The smallest absolute Gasteiger partial charge is 0.0918 e. The van der Waals surface area contributed by atoms with Gasteiger partial charge in [-0.3, -0.25) is 10.1 Å². The van der Waals surface area contributed by atoms with Gasteiger partial charge in [0, 0.05) is 31.9 Å². The van der Waals surface area contributed by atoms with E-state index in [-0.39, 0.29) is 5.84 Å². The second-order valence-corrected chi connectivity index (χ2v) is 3.48. The molecular weight excluding hydrogens is 190 g/mol. The van der Waals surface area contributed by atoms with Crippen LogP contribution in [0.5, 0.6) is 0 Å². The van der Waals surface area contributed by atoms with Crippen LogP contribution in [0, 0.1) is 5.41 Å². The quantitative estimate of drug-likeness (QED) is 0.508. The second kappa shape index (κ2) is 6.19. The number of nitrogens with zero attached hydrogens (tertiary/aromatic N) is 3. The fraction of sp³-hybridized carbons (Fsp3) is 0.600. The van der Waals surface area contributed by atoms with Gasteiger partial charge >= 0.3 is 0 Å². The van der Waals surface area contributed by atoms with Crippen molar-refractivity contribution >= 4 is 5.84 Å². The Kier molecular flexibility index (Phi) is 4.83. The minimum Gasteiger partial charge on any atom is -0.388 e. The van der Waals surface area contributed by atoms with Crippen molar-refractivity contribution in [3.63, 3.8) is 0 Å². The van der Waals surface area contributed by atoms with Crippen LogP contribution >= 0.6 is 0 Å². The van der Waals surface area contributed by atoms with Crippen molar-refractivity contribution < 1.29 is 0 Å². The monoisotopic (exact) mass is 209 g/mol. The van der Waals surface area contributed by atoms with Crippen molar-refractivity contribution in [2.24, 2.45) is 5.73 Å². The molecule has 0 spiro atoms. The van der Waals surface area contributed by atoms with Crippen LogP contribution in [-0.4, -0.2) is 40.2 Å². The summed E-state index contributed by atoms with van der Waals surface area (Å²) in [5, 5.41) is 11.3. The lowest BCUT2D eigenvalue weighted by Gasteiger charge is -2.19. The first-order valence-electron chi connectivity index (χ1n) is 5.25. The highest BCUT2D eigenvalue weighted by Crippen LogP contribution is 1.93. The molecule has 3 N–H and O–H groups in total. The molecule has 0 amide bonds. The predicted octanol–water partition coefficient (Wildman–Crippen LogP) is 0.531. The summed E-state index contributed by atoms with van der Waals surface area (Å²) in [6, 6.07) is 1.92. The molecule has 0 saturated carbocycles. The van der Waals surface area contributed by atoms with E-state index < -0.39 is 0 Å². The number of amidine groups is 1. The highest BCUT2D eigenvalue weighted by molar-refractivity contribution is 5.76. The molecular formula is C10H19N5. The molecule has 5 nitrogen and oxygen atoms in total. The zero-order valence-corrected chi connectivity index (χ0v) is 9.19. The predicted molar refractivity (Wildman–Crippen MR) is 60.9 cm³/mol. The standard InChI is InChI=1S/C10H19N5/c1-2-14(7-4-10(11)12)8-9-15-6-3-5-13-15/h3,5-6H,2,4,7-9H2,1H3,(H3,11,12). The fourth-order valence-corrected chi connectivity index (χ4v) is 1.38. The number of hydrogen-bond acceptors (Lipinski definition) is 3. The van der Waals surface area contributed by atoms with Gasteiger partial charge in [-0.25, -0.2) is 0 Å². The third kappa shape index (κ3) is 4.60. The Morgan fingerprint density at radius 1 is 1.53 bits per heavy atom. The van der Waals surface area contributed by atoms with Gasteiger partial charge in [-0.05, 0) is 12.6 Å². The molecule has 0 atom stereocenters. The average Bonchev–Trinajstić information content (AvgIpc) is 2.70. The summed E-state index contributed by atoms with van der Waals surface area (Å²) >= 11 is 0. The van der Waals surface area contributed by atoms with Crippen molar-refractivity contribution in [2.75, 3.05) is 19.6 Å².